The molecule has 0 aromatic heterocycles. The number of carbonyl (C=O) groups excluding carboxylic acids is 2. The molecule has 1 unspecified atom stereocenters. The van der Waals surface area contributed by atoms with Gasteiger partial charge >= 0.3 is 12.2 Å². The number of urea groups is 1. The molecule has 2 heterocycles. The Morgan fingerprint density at radius 1 is 1.13 bits per heavy atom. The van der Waals surface area contributed by atoms with Gasteiger partial charge in [0.05, 0.1) is 23.7 Å². The lowest BCUT2D eigenvalue weighted by Gasteiger charge is -2.18. The highest BCUT2D eigenvalue weighted by Crippen LogP contribution is 2.38. The molecule has 2 aliphatic heterocycles. The second-order valence-electron chi connectivity index (χ2n) is 9.09. The lowest BCUT2D eigenvalue weighted by atomic mass is 9.92. The summed E-state index contributed by atoms with van der Waals surface area (Å²) in [5.41, 5.74) is 6.43. The average molecular weight is 547 g/mol. The summed E-state index contributed by atoms with van der Waals surface area (Å²) in [4.78, 5) is 31.4. The average Bonchev–Trinajstić information content (AvgIpc) is 3.26. The van der Waals surface area contributed by atoms with E-state index >= 15 is 0 Å². The first-order valence-electron chi connectivity index (χ1n) is 11.8. The highest BCUT2D eigenvalue weighted by molar-refractivity contribution is 6.11. The van der Waals surface area contributed by atoms with E-state index in [0.717, 1.165) is 0 Å². The van der Waals surface area contributed by atoms with E-state index in [9.17, 15) is 27.2 Å². The van der Waals surface area contributed by atoms with Gasteiger partial charge < -0.3 is 26.6 Å². The number of halogens is 4. The molecule has 4 rings (SSSR count). The minimum atomic E-state index is -4.69. The number of anilines is 2. The number of aliphatic imine (C=N–C) groups is 1. The number of nitrogens with two attached hydrogens (primary N) is 1. The molecule has 3 amide bonds. The highest BCUT2D eigenvalue weighted by atomic mass is 19.4. The maximum absolute atomic E-state index is 14.0. The first kappa shape index (κ1) is 27.6. The number of nitrogens with zero attached hydrogens (tertiary/aromatic N) is 4. The lowest BCUT2D eigenvalue weighted by Crippen LogP contribution is -2.37. The highest BCUT2D eigenvalue weighted by Gasteiger charge is 2.39. The second kappa shape index (κ2) is 11.1. The van der Waals surface area contributed by atoms with Crippen molar-refractivity contribution >= 4 is 41.1 Å². The van der Waals surface area contributed by atoms with E-state index in [1.165, 1.54) is 18.5 Å². The summed E-state index contributed by atoms with van der Waals surface area (Å²) in [6.07, 6.45) is -3.39. The molecule has 0 bridgehead atoms. The summed E-state index contributed by atoms with van der Waals surface area (Å²) in [7, 11) is 3.79. The number of nitrogens with one attached hydrogen (secondary N) is 3. The van der Waals surface area contributed by atoms with E-state index in [1.54, 1.807) is 17.1 Å². The second-order valence-corrected chi connectivity index (χ2v) is 9.09. The molecule has 0 radical (unpaired) electrons. The molecule has 2 aromatic rings. The van der Waals surface area contributed by atoms with Gasteiger partial charge in [-0.2, -0.15) is 18.3 Å². The molecule has 2 aromatic carbocycles. The summed E-state index contributed by atoms with van der Waals surface area (Å²) in [5.74, 6) is -1.62. The Hall–Kier alpha value is -4.46. The minimum Gasteiger partial charge on any atom is -0.382 e. The van der Waals surface area contributed by atoms with Crippen LogP contribution in [0.25, 0.3) is 5.57 Å². The van der Waals surface area contributed by atoms with Crippen LogP contribution in [-0.2, 0) is 11.0 Å². The van der Waals surface area contributed by atoms with E-state index in [0.29, 0.717) is 48.1 Å². The van der Waals surface area contributed by atoms with Crippen molar-refractivity contribution in [1.82, 2.24) is 15.2 Å². The standard InChI is InChI=1S/C25H26F4N8O2/c1-36(2)10-9-31-23(38)17-12-37-21(22(30)32-13-33-37)20(17)14-3-6-16(7-4-14)34-24(39)35-19-11-15(25(27,28)29)5-8-18(19)26/h3-8,11,13,17H,9-10,12H2,1-2H3,(H,31,38)(H2,30,32,33)(H2,34,35,39). The van der Waals surface area contributed by atoms with Crippen LogP contribution in [0.5, 0.6) is 0 Å². The third-order valence-electron chi connectivity index (χ3n) is 6.02. The van der Waals surface area contributed by atoms with Crippen molar-refractivity contribution < 1.29 is 27.2 Å². The summed E-state index contributed by atoms with van der Waals surface area (Å²) >= 11 is 0. The maximum Gasteiger partial charge on any atom is 0.416 e. The molecular formula is C25H26F4N8O2. The van der Waals surface area contributed by atoms with Gasteiger partial charge in [-0.15, -0.1) is 0 Å². The maximum atomic E-state index is 14.0. The summed E-state index contributed by atoms with van der Waals surface area (Å²) < 4.78 is 52.8. The van der Waals surface area contributed by atoms with Crippen LogP contribution in [0.1, 0.15) is 11.1 Å². The Bertz CT molecular complexity index is 1350. The van der Waals surface area contributed by atoms with Crippen molar-refractivity contribution in [3.8, 4) is 0 Å². The van der Waals surface area contributed by atoms with Crippen LogP contribution in [0.4, 0.5) is 33.7 Å². The lowest BCUT2D eigenvalue weighted by molar-refractivity contribution is -0.137. The fourth-order valence-corrected chi connectivity index (χ4v) is 4.14. The van der Waals surface area contributed by atoms with E-state index in [-0.39, 0.29) is 24.0 Å². The fraction of sp³-hybridized carbons (Fsp3) is 0.280. The zero-order valence-electron chi connectivity index (χ0n) is 21.0. The summed E-state index contributed by atoms with van der Waals surface area (Å²) in [5, 5.41) is 13.3. The predicted molar refractivity (Wildman–Crippen MR) is 139 cm³/mol. The Kier molecular flexibility index (Phi) is 7.85. The van der Waals surface area contributed by atoms with Gasteiger partial charge in [-0.1, -0.05) is 12.1 Å². The molecule has 1 atom stereocenters. The number of fused-ring (bicyclic) bond motifs is 1. The zero-order valence-corrected chi connectivity index (χ0v) is 21.0. The Balaban J connectivity index is 1.52. The normalized spacial score (nSPS) is 16.7. The van der Waals surface area contributed by atoms with Gasteiger partial charge in [-0.3, -0.25) is 9.80 Å². The number of benzene rings is 2. The number of amides is 3. The third kappa shape index (κ3) is 6.34. The van der Waals surface area contributed by atoms with Crippen LogP contribution in [0.15, 0.2) is 58.3 Å². The summed E-state index contributed by atoms with van der Waals surface area (Å²) in [6, 6.07) is 7.16. The number of amidine groups is 1. The Morgan fingerprint density at radius 2 is 1.85 bits per heavy atom. The molecule has 0 saturated carbocycles. The first-order chi connectivity index (χ1) is 18.4. The van der Waals surface area contributed by atoms with Crippen molar-refractivity contribution in [3.63, 3.8) is 0 Å². The number of alkyl halides is 3. The predicted octanol–water partition coefficient (Wildman–Crippen LogP) is 3.12. The van der Waals surface area contributed by atoms with E-state index in [2.05, 4.69) is 26.0 Å². The van der Waals surface area contributed by atoms with Crippen LogP contribution in [0, 0.1) is 11.7 Å². The number of hydrogen-bond donors (Lipinski definition) is 4. The molecule has 206 valence electrons. The number of hydrogen-bond acceptors (Lipinski definition) is 7. The topological polar surface area (TPSA) is 127 Å². The van der Waals surface area contributed by atoms with Crippen molar-refractivity contribution in [2.24, 2.45) is 21.7 Å². The third-order valence-corrected chi connectivity index (χ3v) is 6.02. The molecule has 0 aliphatic carbocycles. The van der Waals surface area contributed by atoms with Crippen LogP contribution < -0.4 is 21.7 Å². The number of hydrazone groups is 1. The van der Waals surface area contributed by atoms with E-state index in [4.69, 9.17) is 5.73 Å². The SMILES string of the molecule is CN(C)CCNC(=O)C1CN2N=CN=C(N)C2=C1c1ccc(NC(=O)Nc2cc(C(F)(F)F)ccc2F)cc1. The van der Waals surface area contributed by atoms with E-state index in [1.807, 2.05) is 19.0 Å². The molecule has 0 spiro atoms. The smallest absolute Gasteiger partial charge is 0.382 e. The van der Waals surface area contributed by atoms with Gasteiger partial charge in [0.15, 0.2) is 5.84 Å². The molecule has 10 nitrogen and oxygen atoms in total. The van der Waals surface area contributed by atoms with Crippen molar-refractivity contribution in [3.05, 3.63) is 65.1 Å². The number of likely N-dealkylation sites (N-methyl/N-ethyl adjacent to an activating group) is 1. The monoisotopic (exact) mass is 546 g/mol. The fourth-order valence-electron chi connectivity index (χ4n) is 4.14. The minimum absolute atomic E-state index is 0.202. The first-order valence-corrected chi connectivity index (χ1v) is 11.8. The zero-order chi connectivity index (χ0) is 28.3. The van der Waals surface area contributed by atoms with Crippen LogP contribution in [0.3, 0.4) is 0 Å². The Labute approximate surface area is 221 Å². The number of rotatable bonds is 7. The molecule has 2 aliphatic rings. The van der Waals surface area contributed by atoms with Gasteiger partial charge in [-0.05, 0) is 50.0 Å². The van der Waals surface area contributed by atoms with Gasteiger partial charge in [0.1, 0.15) is 17.9 Å². The van der Waals surface area contributed by atoms with Crippen LogP contribution in [0.2, 0.25) is 0 Å². The van der Waals surface area contributed by atoms with Crippen molar-refractivity contribution in [2.75, 3.05) is 44.4 Å². The largest absolute Gasteiger partial charge is 0.416 e. The number of carbonyl (C=O) groups is 2. The van der Waals surface area contributed by atoms with Gasteiger partial charge in [0, 0.05) is 24.4 Å². The van der Waals surface area contributed by atoms with Gasteiger partial charge in [-0.25, -0.2) is 14.2 Å². The molecule has 0 fully saturated rings. The molecule has 14 heteroatoms. The van der Waals surface area contributed by atoms with Crippen molar-refractivity contribution in [1.29, 1.82) is 0 Å². The van der Waals surface area contributed by atoms with E-state index < -0.39 is 35.2 Å². The van der Waals surface area contributed by atoms with Crippen LogP contribution in [-0.4, -0.2) is 67.8 Å². The van der Waals surface area contributed by atoms with Crippen molar-refractivity contribution in [2.45, 2.75) is 6.18 Å². The summed E-state index contributed by atoms with van der Waals surface area (Å²) in [6.45, 7) is 1.36. The molecule has 39 heavy (non-hydrogen) atoms. The Morgan fingerprint density at radius 3 is 2.51 bits per heavy atom. The molecular weight excluding hydrogens is 520 g/mol. The quantitative estimate of drug-likeness (QED) is 0.397. The van der Waals surface area contributed by atoms with Gasteiger partial charge in [0.2, 0.25) is 5.91 Å². The molecule has 0 saturated heterocycles. The van der Waals surface area contributed by atoms with Gasteiger partial charge in [0.25, 0.3) is 0 Å². The van der Waals surface area contributed by atoms with Crippen LogP contribution >= 0.6 is 0 Å². The molecule has 5 N–H and O–H groups in total.